The van der Waals surface area contributed by atoms with Gasteiger partial charge in [0, 0.05) is 31.0 Å². The van der Waals surface area contributed by atoms with Gasteiger partial charge in [-0.1, -0.05) is 62.2 Å². The molecule has 0 spiro atoms. The molecule has 6 rings (SSSR count). The topological polar surface area (TPSA) is 102 Å². The molecule has 0 unspecified atom stereocenters. The number of ether oxygens (including phenoxy) is 3. The van der Waals surface area contributed by atoms with Gasteiger partial charge in [-0.2, -0.15) is 5.10 Å². The highest BCUT2D eigenvalue weighted by Crippen LogP contribution is 2.35. The SMILES string of the molecule is O=C(Oc1ccc(Br)cc1C=NNC(=O)c1[nH]c2ccc(Br)cc2c1-c1ccccc1)c1ccc2c(c1)OCO2. The fraction of sp³-hybridized carbons (Fsp3) is 0.0333. The van der Waals surface area contributed by atoms with Crippen molar-refractivity contribution in [1.82, 2.24) is 10.4 Å². The standard InChI is InChI=1S/C30H19Br2N3O5/c31-20-8-11-24(40-30(37)18-6-10-25-26(13-18)39-16-38-25)19(12-20)15-33-35-29(36)28-27(17-4-2-1-3-5-17)22-14-21(32)7-9-23(22)34-28/h1-15,34H,16H2,(H,35,36). The zero-order valence-electron chi connectivity index (χ0n) is 20.6. The molecule has 1 aliphatic heterocycles. The molecule has 0 radical (unpaired) electrons. The molecule has 1 aromatic heterocycles. The molecule has 1 amide bonds. The Kier molecular flexibility index (Phi) is 7.10. The van der Waals surface area contributed by atoms with Crippen LogP contribution in [0.25, 0.3) is 22.0 Å². The number of halogens is 2. The van der Waals surface area contributed by atoms with Gasteiger partial charge < -0.3 is 19.2 Å². The maximum atomic E-state index is 13.3. The third-order valence-electron chi connectivity index (χ3n) is 6.20. The van der Waals surface area contributed by atoms with Crippen molar-refractivity contribution in [1.29, 1.82) is 0 Å². The van der Waals surface area contributed by atoms with Crippen molar-refractivity contribution in [3.05, 3.63) is 111 Å². The lowest BCUT2D eigenvalue weighted by Gasteiger charge is -2.09. The van der Waals surface area contributed by atoms with Gasteiger partial charge in [-0.3, -0.25) is 4.79 Å². The van der Waals surface area contributed by atoms with Gasteiger partial charge in [0.2, 0.25) is 6.79 Å². The van der Waals surface area contributed by atoms with Crippen LogP contribution in [0.15, 0.2) is 99.0 Å². The summed E-state index contributed by atoms with van der Waals surface area (Å²) in [5.74, 6) is 0.326. The Hall–Kier alpha value is -4.41. The summed E-state index contributed by atoms with van der Waals surface area (Å²) in [6, 6.07) is 25.4. The first-order chi connectivity index (χ1) is 19.5. The maximum Gasteiger partial charge on any atom is 0.343 e. The van der Waals surface area contributed by atoms with Crippen molar-refractivity contribution in [2.24, 2.45) is 5.10 Å². The van der Waals surface area contributed by atoms with E-state index >= 15 is 0 Å². The lowest BCUT2D eigenvalue weighted by molar-refractivity contribution is 0.0733. The van der Waals surface area contributed by atoms with Gasteiger partial charge in [0.15, 0.2) is 11.5 Å². The van der Waals surface area contributed by atoms with E-state index in [0.29, 0.717) is 28.3 Å². The fourth-order valence-electron chi connectivity index (χ4n) is 4.35. The molecule has 0 saturated carbocycles. The first-order valence-electron chi connectivity index (χ1n) is 12.1. The van der Waals surface area contributed by atoms with Gasteiger partial charge in [0.25, 0.3) is 5.91 Å². The van der Waals surface area contributed by atoms with Crippen molar-refractivity contribution in [3.8, 4) is 28.4 Å². The van der Waals surface area contributed by atoms with Crippen molar-refractivity contribution in [3.63, 3.8) is 0 Å². The summed E-state index contributed by atoms with van der Waals surface area (Å²) < 4.78 is 17.9. The number of hydrazone groups is 1. The Morgan fingerprint density at radius 3 is 2.52 bits per heavy atom. The van der Waals surface area contributed by atoms with Crippen LogP contribution in [0, 0.1) is 0 Å². The lowest BCUT2D eigenvalue weighted by Crippen LogP contribution is -2.19. The van der Waals surface area contributed by atoms with E-state index in [0.717, 1.165) is 31.0 Å². The largest absolute Gasteiger partial charge is 0.454 e. The minimum absolute atomic E-state index is 0.107. The van der Waals surface area contributed by atoms with Crippen LogP contribution in [-0.2, 0) is 0 Å². The molecular weight excluding hydrogens is 642 g/mol. The highest BCUT2D eigenvalue weighted by molar-refractivity contribution is 9.10. The molecule has 4 aromatic carbocycles. The normalized spacial score (nSPS) is 12.2. The summed E-state index contributed by atoms with van der Waals surface area (Å²) in [7, 11) is 0. The zero-order chi connectivity index (χ0) is 27.6. The number of hydrogen-bond donors (Lipinski definition) is 2. The van der Waals surface area contributed by atoms with Crippen molar-refractivity contribution >= 4 is 60.9 Å². The molecule has 8 nitrogen and oxygen atoms in total. The molecule has 40 heavy (non-hydrogen) atoms. The molecule has 198 valence electrons. The minimum Gasteiger partial charge on any atom is -0.454 e. The molecule has 1 aliphatic rings. The third-order valence-corrected chi connectivity index (χ3v) is 7.19. The Morgan fingerprint density at radius 2 is 1.68 bits per heavy atom. The number of nitrogens with zero attached hydrogens (tertiary/aromatic N) is 1. The smallest absolute Gasteiger partial charge is 0.343 e. The quantitative estimate of drug-likeness (QED) is 0.0878. The van der Waals surface area contributed by atoms with E-state index in [2.05, 4.69) is 47.4 Å². The fourth-order valence-corrected chi connectivity index (χ4v) is 5.09. The summed E-state index contributed by atoms with van der Waals surface area (Å²) in [6.45, 7) is 0.107. The van der Waals surface area contributed by atoms with E-state index in [9.17, 15) is 9.59 Å². The summed E-state index contributed by atoms with van der Waals surface area (Å²) >= 11 is 6.95. The number of esters is 1. The number of carbonyl (C=O) groups excluding carboxylic acids is 2. The highest BCUT2D eigenvalue weighted by atomic mass is 79.9. The lowest BCUT2D eigenvalue weighted by atomic mass is 10.0. The maximum absolute atomic E-state index is 13.3. The zero-order valence-corrected chi connectivity index (χ0v) is 23.8. The molecule has 10 heteroatoms. The van der Waals surface area contributed by atoms with Crippen molar-refractivity contribution in [2.45, 2.75) is 0 Å². The number of hydrogen-bond acceptors (Lipinski definition) is 6. The van der Waals surface area contributed by atoms with Crippen LogP contribution in [0.4, 0.5) is 0 Å². The van der Waals surface area contributed by atoms with Crippen LogP contribution in [-0.4, -0.2) is 29.9 Å². The van der Waals surface area contributed by atoms with Crippen molar-refractivity contribution in [2.75, 3.05) is 6.79 Å². The van der Waals surface area contributed by atoms with Gasteiger partial charge in [-0.25, -0.2) is 10.2 Å². The third kappa shape index (κ3) is 5.23. The van der Waals surface area contributed by atoms with Crippen LogP contribution < -0.4 is 19.6 Å². The molecule has 2 N–H and O–H groups in total. The summed E-state index contributed by atoms with van der Waals surface area (Å²) in [5.41, 5.74) is 6.24. The molecule has 2 heterocycles. The van der Waals surface area contributed by atoms with Crippen LogP contribution in [0.3, 0.4) is 0 Å². The van der Waals surface area contributed by atoms with Gasteiger partial charge in [0.05, 0.1) is 11.8 Å². The molecule has 0 bridgehead atoms. The van der Waals surface area contributed by atoms with E-state index in [-0.39, 0.29) is 12.5 Å². The monoisotopic (exact) mass is 659 g/mol. The Labute approximate surface area is 245 Å². The van der Waals surface area contributed by atoms with Crippen LogP contribution in [0.2, 0.25) is 0 Å². The number of fused-ring (bicyclic) bond motifs is 2. The number of amides is 1. The number of carbonyl (C=O) groups is 2. The summed E-state index contributed by atoms with van der Waals surface area (Å²) in [4.78, 5) is 29.4. The van der Waals surface area contributed by atoms with E-state index in [1.54, 1.807) is 36.4 Å². The van der Waals surface area contributed by atoms with E-state index in [1.165, 1.54) is 6.21 Å². The molecule has 5 aromatic rings. The van der Waals surface area contributed by atoms with E-state index < -0.39 is 11.9 Å². The molecule has 0 atom stereocenters. The number of benzene rings is 4. The number of aromatic amines is 1. The second-order valence-electron chi connectivity index (χ2n) is 8.77. The number of aromatic nitrogens is 1. The van der Waals surface area contributed by atoms with Gasteiger partial charge in [0.1, 0.15) is 11.4 Å². The highest BCUT2D eigenvalue weighted by Gasteiger charge is 2.20. The van der Waals surface area contributed by atoms with Crippen LogP contribution in [0.5, 0.6) is 17.2 Å². The predicted octanol–water partition coefficient (Wildman–Crippen LogP) is 7.07. The Bertz CT molecular complexity index is 1800. The van der Waals surface area contributed by atoms with Gasteiger partial charge in [-0.05, 0) is 60.2 Å². The first kappa shape index (κ1) is 25.8. The number of H-pyrrole nitrogens is 1. The number of rotatable bonds is 6. The minimum atomic E-state index is -0.573. The second-order valence-corrected chi connectivity index (χ2v) is 10.6. The predicted molar refractivity (Wildman–Crippen MR) is 158 cm³/mol. The van der Waals surface area contributed by atoms with Crippen LogP contribution >= 0.6 is 31.9 Å². The number of nitrogens with one attached hydrogen (secondary N) is 2. The van der Waals surface area contributed by atoms with Crippen LogP contribution in [0.1, 0.15) is 26.4 Å². The average molecular weight is 661 g/mol. The van der Waals surface area contributed by atoms with Gasteiger partial charge in [-0.15, -0.1) is 0 Å². The van der Waals surface area contributed by atoms with E-state index in [1.807, 2.05) is 48.5 Å². The molecule has 0 saturated heterocycles. The molecular formula is C30H19Br2N3O5. The van der Waals surface area contributed by atoms with E-state index in [4.69, 9.17) is 14.2 Å². The molecule has 0 fully saturated rings. The Balaban J connectivity index is 1.25. The average Bonchev–Trinajstić information content (AvgIpc) is 3.59. The van der Waals surface area contributed by atoms with Crippen molar-refractivity contribution < 1.29 is 23.8 Å². The second kappa shape index (κ2) is 11.0. The summed E-state index contributed by atoms with van der Waals surface area (Å²) in [5, 5.41) is 5.07. The first-order valence-corrected chi connectivity index (χ1v) is 13.7. The molecule has 0 aliphatic carbocycles. The Morgan fingerprint density at radius 1 is 0.900 bits per heavy atom. The summed E-state index contributed by atoms with van der Waals surface area (Å²) in [6.07, 6.45) is 1.42. The van der Waals surface area contributed by atoms with Gasteiger partial charge >= 0.3 is 5.97 Å².